The number of carbonyl (C=O) groups is 2. The van der Waals surface area contributed by atoms with Gasteiger partial charge in [0.1, 0.15) is 11.2 Å². The molecule has 0 spiro atoms. The topological polar surface area (TPSA) is 171 Å². The van der Waals surface area contributed by atoms with Crippen molar-refractivity contribution in [2.24, 2.45) is 0 Å². The number of hydrogen-bond acceptors (Lipinski definition) is 9. The number of carbonyl (C=O) groups excluding carboxylic acids is 2. The predicted octanol–water partition coefficient (Wildman–Crippen LogP) is 6.62. The van der Waals surface area contributed by atoms with Gasteiger partial charge in [0.2, 0.25) is 5.96 Å². The van der Waals surface area contributed by atoms with Crippen LogP contribution in [0.2, 0.25) is 0 Å². The Morgan fingerprint density at radius 1 is 1.04 bits per heavy atom. The molecule has 51 heavy (non-hydrogen) atoms. The molecule has 2 aromatic carbocycles. The summed E-state index contributed by atoms with van der Waals surface area (Å²) in [6.07, 6.45) is 2.03. The maximum atomic E-state index is 13.0. The molecule has 1 saturated heterocycles. The minimum Gasteiger partial charge on any atom is -0.504 e. The number of phenolic OH excluding ortho intramolecular Hbond substituents is 2. The number of H-pyrrole nitrogens is 1. The van der Waals surface area contributed by atoms with E-state index in [1.54, 1.807) is 41.5 Å². The molecule has 1 aromatic heterocycles. The molecule has 1 aliphatic carbocycles. The molecule has 1 aliphatic heterocycles. The number of alkyl carbamates (subject to hydrolysis) is 1. The second-order valence-corrected chi connectivity index (χ2v) is 16.3. The lowest BCUT2D eigenvalue weighted by Gasteiger charge is -2.60. The van der Waals surface area contributed by atoms with E-state index < -0.39 is 40.4 Å². The quantitative estimate of drug-likeness (QED) is 0.0657. The first kappa shape index (κ1) is 38.0. The smallest absolute Gasteiger partial charge is 0.417 e. The van der Waals surface area contributed by atoms with Crippen LogP contribution < -0.4 is 5.32 Å². The molecular weight excluding hydrogens is 650 g/mol. The summed E-state index contributed by atoms with van der Waals surface area (Å²) in [7, 11) is 0. The lowest BCUT2D eigenvalue weighted by atomic mass is 9.53. The van der Waals surface area contributed by atoms with Crippen molar-refractivity contribution in [1.82, 2.24) is 20.1 Å². The number of aliphatic hydroxyl groups is 1. The van der Waals surface area contributed by atoms with Crippen LogP contribution in [0, 0.1) is 12.3 Å². The first-order valence-corrected chi connectivity index (χ1v) is 17.9. The average molecular weight is 706 g/mol. The lowest BCUT2D eigenvalue weighted by Crippen LogP contribution is -2.71. The molecule has 0 radical (unpaired) electrons. The van der Waals surface area contributed by atoms with E-state index >= 15 is 0 Å². The summed E-state index contributed by atoms with van der Waals surface area (Å²) in [4.78, 5) is 32.4. The molecule has 5 rings (SSSR count). The summed E-state index contributed by atoms with van der Waals surface area (Å²) >= 11 is 0. The lowest BCUT2D eigenvalue weighted by molar-refractivity contribution is -0.135. The van der Waals surface area contributed by atoms with Crippen LogP contribution >= 0.6 is 0 Å². The van der Waals surface area contributed by atoms with Crippen molar-refractivity contribution in [3.63, 3.8) is 0 Å². The van der Waals surface area contributed by atoms with Gasteiger partial charge in [-0.15, -0.1) is 0 Å². The first-order chi connectivity index (χ1) is 23.7. The van der Waals surface area contributed by atoms with Crippen LogP contribution in [0.15, 0.2) is 36.4 Å². The van der Waals surface area contributed by atoms with Gasteiger partial charge in [0.25, 0.3) is 0 Å². The van der Waals surface area contributed by atoms with E-state index in [0.717, 1.165) is 45.5 Å². The van der Waals surface area contributed by atoms with Gasteiger partial charge in [-0.05, 0) is 117 Å². The number of nitrogens with one attached hydrogen (secondary N) is 3. The fourth-order valence-corrected chi connectivity index (χ4v) is 7.94. The fraction of sp³-hybridized carbons (Fsp3) is 0.564. The average Bonchev–Trinajstić information content (AvgIpc) is 3.31. The Labute approximate surface area is 300 Å². The van der Waals surface area contributed by atoms with Gasteiger partial charge in [-0.25, -0.2) is 14.5 Å². The van der Waals surface area contributed by atoms with Crippen LogP contribution in [0.4, 0.5) is 9.59 Å². The van der Waals surface area contributed by atoms with Gasteiger partial charge in [-0.2, -0.15) is 0 Å². The summed E-state index contributed by atoms with van der Waals surface area (Å²) in [5.41, 5.74) is 1.02. The number of aromatic nitrogens is 1. The molecule has 3 aromatic rings. The van der Waals surface area contributed by atoms with E-state index in [2.05, 4.69) is 28.2 Å². The minimum atomic E-state index is -1.25. The zero-order valence-electron chi connectivity index (χ0n) is 31.3. The normalized spacial score (nSPS) is 21.9. The molecule has 12 heteroatoms. The van der Waals surface area contributed by atoms with Crippen LogP contribution in [0.5, 0.6) is 11.5 Å². The van der Waals surface area contributed by atoms with Gasteiger partial charge in [0, 0.05) is 46.6 Å². The van der Waals surface area contributed by atoms with Gasteiger partial charge in [0.05, 0.1) is 5.60 Å². The Bertz CT molecular complexity index is 1790. The molecule has 278 valence electrons. The molecule has 3 unspecified atom stereocenters. The minimum absolute atomic E-state index is 0.158. The van der Waals surface area contributed by atoms with E-state index in [1.165, 1.54) is 6.07 Å². The third-order valence-electron chi connectivity index (χ3n) is 10.4. The largest absolute Gasteiger partial charge is 0.504 e. The Hall–Kier alpha value is -4.29. The third-order valence-corrected chi connectivity index (χ3v) is 10.4. The number of likely N-dealkylation sites (tertiary alicyclic amines) is 1. The molecular formula is C39H55N5O7. The number of aromatic amines is 1. The number of guanidine groups is 1. The van der Waals surface area contributed by atoms with Crippen molar-refractivity contribution in [2.75, 3.05) is 19.6 Å². The molecule has 3 atom stereocenters. The van der Waals surface area contributed by atoms with Crippen LogP contribution in [0.1, 0.15) is 96.5 Å². The summed E-state index contributed by atoms with van der Waals surface area (Å²) in [5, 5.41) is 46.5. The number of para-hydroxylation sites is 1. The number of benzene rings is 2. The number of hydrogen-bond donors (Lipinski definition) is 6. The first-order valence-electron chi connectivity index (χ1n) is 17.9. The van der Waals surface area contributed by atoms with Crippen LogP contribution in [0.25, 0.3) is 10.9 Å². The van der Waals surface area contributed by atoms with Crippen LogP contribution in [-0.2, 0) is 27.7 Å². The number of piperidine rings is 1. The standard InChI is InChI=1S/C39H55N5O7/c1-24-26-14-10-11-15-27(26)41-28(24)23-39-18-21-43(30(38(39,8)49)22-25-16-17-29(45)32(46)31(25)39)19-12-9-13-20-44(35(48)51-37(5,6)7)33(40)42-34(47)50-36(2,3)4/h10-11,14-17,30,41,45-46,49H,9,12-13,18-23H2,1-8H3,(H2,40,42,47). The van der Waals surface area contributed by atoms with Crippen molar-refractivity contribution in [3.05, 3.63) is 58.8 Å². The van der Waals surface area contributed by atoms with Gasteiger partial charge in [0.15, 0.2) is 11.5 Å². The van der Waals surface area contributed by atoms with Gasteiger partial charge < -0.3 is 29.8 Å². The number of nitrogens with zero attached hydrogens (tertiary/aromatic N) is 2. The fourth-order valence-electron chi connectivity index (χ4n) is 7.94. The second kappa shape index (κ2) is 14.0. The molecule has 2 amide bonds. The Kier molecular flexibility index (Phi) is 10.4. The summed E-state index contributed by atoms with van der Waals surface area (Å²) in [5.74, 6) is -0.759. The molecule has 1 fully saturated rings. The van der Waals surface area contributed by atoms with Crippen molar-refractivity contribution in [2.45, 2.75) is 122 Å². The van der Waals surface area contributed by atoms with E-state index in [-0.39, 0.29) is 24.1 Å². The van der Waals surface area contributed by atoms with E-state index in [4.69, 9.17) is 14.9 Å². The number of phenols is 2. The van der Waals surface area contributed by atoms with Crippen LogP contribution in [0.3, 0.4) is 0 Å². The number of fused-ring (bicyclic) bond motifs is 5. The van der Waals surface area contributed by atoms with Gasteiger partial charge in [-0.3, -0.25) is 15.6 Å². The second-order valence-electron chi connectivity index (χ2n) is 16.3. The Morgan fingerprint density at radius 3 is 2.39 bits per heavy atom. The van der Waals surface area contributed by atoms with Crippen molar-refractivity contribution < 1.29 is 34.4 Å². The maximum Gasteiger partial charge on any atom is 0.417 e. The predicted molar refractivity (Wildman–Crippen MR) is 196 cm³/mol. The molecule has 0 saturated carbocycles. The number of ether oxygens (including phenoxy) is 2. The molecule has 12 nitrogen and oxygen atoms in total. The molecule has 6 N–H and O–H groups in total. The highest BCUT2D eigenvalue weighted by Crippen LogP contribution is 2.57. The number of aryl methyl sites for hydroxylation is 1. The Morgan fingerprint density at radius 2 is 1.73 bits per heavy atom. The Balaban J connectivity index is 1.30. The summed E-state index contributed by atoms with van der Waals surface area (Å²) in [6, 6.07) is 11.3. The number of unbranched alkanes of at least 4 members (excludes halogenated alkanes) is 2. The van der Waals surface area contributed by atoms with Gasteiger partial charge >= 0.3 is 12.2 Å². The molecule has 2 bridgehead atoms. The highest BCUT2D eigenvalue weighted by atomic mass is 16.6. The van der Waals surface area contributed by atoms with E-state index in [9.17, 15) is 24.9 Å². The number of amides is 2. The number of aromatic hydroxyl groups is 2. The summed E-state index contributed by atoms with van der Waals surface area (Å²) in [6.45, 7) is 15.9. The monoisotopic (exact) mass is 705 g/mol. The van der Waals surface area contributed by atoms with E-state index in [1.807, 2.05) is 31.2 Å². The highest BCUT2D eigenvalue weighted by molar-refractivity contribution is 5.99. The molecule has 2 heterocycles. The van der Waals surface area contributed by atoms with Gasteiger partial charge in [-0.1, -0.05) is 30.7 Å². The third kappa shape index (κ3) is 7.82. The molecule has 2 aliphatic rings. The zero-order valence-corrected chi connectivity index (χ0v) is 31.3. The SMILES string of the molecule is Cc1c(CC23CCN(CCCCCN(C(=N)NC(=O)OC(C)(C)C)C(=O)OC(C)(C)C)C(Cc4ccc(O)c(O)c42)C3(C)O)[nH]c2ccccc12. The van der Waals surface area contributed by atoms with Crippen LogP contribution in [-0.4, -0.2) is 90.7 Å². The van der Waals surface area contributed by atoms with Crippen molar-refractivity contribution >= 4 is 29.0 Å². The zero-order chi connectivity index (χ0) is 37.5. The van der Waals surface area contributed by atoms with E-state index in [0.29, 0.717) is 44.3 Å². The maximum absolute atomic E-state index is 13.0. The van der Waals surface area contributed by atoms with Crippen molar-refractivity contribution in [3.8, 4) is 11.5 Å². The summed E-state index contributed by atoms with van der Waals surface area (Å²) < 4.78 is 10.8. The highest BCUT2D eigenvalue weighted by Gasteiger charge is 2.61. The number of rotatable bonds is 8. The van der Waals surface area contributed by atoms with Crippen molar-refractivity contribution in [1.29, 1.82) is 5.41 Å².